The highest BCUT2D eigenvalue weighted by Gasteiger charge is 2.14. The Kier molecular flexibility index (Phi) is 4.78. The Labute approximate surface area is 74.4 Å². The number of halogens is 1. The fraction of sp³-hybridized carbons (Fsp3) is 0.778. The van der Waals surface area contributed by atoms with E-state index in [0.29, 0.717) is 12.5 Å². The standard InChI is InChI=1S/C9H17ClO/c1-5-9(3,4)11-7-8(2)6-10/h2,5-7H2,1,3-4H3. The van der Waals surface area contributed by atoms with Crippen LogP contribution >= 0.6 is 11.6 Å². The molecule has 0 saturated carbocycles. The normalized spacial score (nSPS) is 11.6. The maximum Gasteiger partial charge on any atom is 0.0693 e. The van der Waals surface area contributed by atoms with Crippen molar-refractivity contribution in [2.75, 3.05) is 12.5 Å². The van der Waals surface area contributed by atoms with E-state index < -0.39 is 0 Å². The molecule has 0 atom stereocenters. The van der Waals surface area contributed by atoms with E-state index in [-0.39, 0.29) is 5.60 Å². The van der Waals surface area contributed by atoms with Crippen molar-refractivity contribution in [1.29, 1.82) is 0 Å². The molecule has 0 bridgehead atoms. The maximum atomic E-state index is 5.55. The van der Waals surface area contributed by atoms with E-state index in [1.807, 2.05) is 0 Å². The van der Waals surface area contributed by atoms with Gasteiger partial charge < -0.3 is 4.74 Å². The molecule has 0 aromatic carbocycles. The Balaban J connectivity index is 3.61. The van der Waals surface area contributed by atoms with Crippen molar-refractivity contribution in [3.05, 3.63) is 12.2 Å². The largest absolute Gasteiger partial charge is 0.371 e. The number of ether oxygens (including phenoxy) is 1. The third-order valence-electron chi connectivity index (χ3n) is 1.71. The summed E-state index contributed by atoms with van der Waals surface area (Å²) < 4.78 is 5.55. The minimum atomic E-state index is -0.0466. The number of hydrogen-bond donors (Lipinski definition) is 0. The van der Waals surface area contributed by atoms with Gasteiger partial charge in [-0.25, -0.2) is 0 Å². The maximum absolute atomic E-state index is 5.55. The fourth-order valence-corrected chi connectivity index (χ4v) is 0.515. The summed E-state index contributed by atoms with van der Waals surface area (Å²) in [5.41, 5.74) is 0.892. The van der Waals surface area contributed by atoms with E-state index in [0.717, 1.165) is 12.0 Å². The summed E-state index contributed by atoms with van der Waals surface area (Å²) in [5, 5.41) is 0. The topological polar surface area (TPSA) is 9.23 Å². The lowest BCUT2D eigenvalue weighted by molar-refractivity contribution is -0.00672. The van der Waals surface area contributed by atoms with E-state index in [9.17, 15) is 0 Å². The van der Waals surface area contributed by atoms with Crippen molar-refractivity contribution in [1.82, 2.24) is 0 Å². The predicted octanol–water partition coefficient (Wildman–Crippen LogP) is 2.99. The molecule has 0 aromatic rings. The number of alkyl halides is 1. The molecule has 0 fully saturated rings. The van der Waals surface area contributed by atoms with Crippen molar-refractivity contribution in [2.24, 2.45) is 0 Å². The Hall–Kier alpha value is -0.0100. The molecule has 0 N–H and O–H groups in total. The van der Waals surface area contributed by atoms with Crippen LogP contribution in [0.2, 0.25) is 0 Å². The Morgan fingerprint density at radius 2 is 2.09 bits per heavy atom. The SMILES string of the molecule is C=C(CCl)COC(C)(C)CC. The molecule has 2 heteroatoms. The molecule has 0 aliphatic heterocycles. The first kappa shape index (κ1) is 11.0. The zero-order valence-electron chi connectivity index (χ0n) is 7.61. The van der Waals surface area contributed by atoms with Gasteiger partial charge >= 0.3 is 0 Å². The molecule has 0 saturated heterocycles. The van der Waals surface area contributed by atoms with Crippen LogP contribution in [0.3, 0.4) is 0 Å². The smallest absolute Gasteiger partial charge is 0.0693 e. The van der Waals surface area contributed by atoms with Crippen LogP contribution in [0.1, 0.15) is 27.2 Å². The molecule has 1 nitrogen and oxygen atoms in total. The van der Waals surface area contributed by atoms with Gasteiger partial charge in [0.05, 0.1) is 12.2 Å². The van der Waals surface area contributed by atoms with Gasteiger partial charge in [-0.05, 0) is 25.8 Å². The summed E-state index contributed by atoms with van der Waals surface area (Å²) in [7, 11) is 0. The van der Waals surface area contributed by atoms with Crippen LogP contribution in [0.25, 0.3) is 0 Å². The summed E-state index contributed by atoms with van der Waals surface area (Å²) in [6, 6.07) is 0. The Morgan fingerprint density at radius 1 is 1.55 bits per heavy atom. The first-order valence-electron chi connectivity index (χ1n) is 3.88. The average molecular weight is 177 g/mol. The molecule has 0 aliphatic rings. The van der Waals surface area contributed by atoms with Crippen molar-refractivity contribution < 1.29 is 4.74 Å². The predicted molar refractivity (Wildman–Crippen MR) is 50.2 cm³/mol. The summed E-state index contributed by atoms with van der Waals surface area (Å²) in [4.78, 5) is 0. The molecule has 0 spiro atoms. The van der Waals surface area contributed by atoms with Crippen molar-refractivity contribution >= 4 is 11.6 Å². The Bertz CT molecular complexity index is 130. The highest BCUT2D eigenvalue weighted by molar-refractivity contribution is 6.19. The molecule has 0 amide bonds. The lowest BCUT2D eigenvalue weighted by Gasteiger charge is -2.23. The first-order valence-corrected chi connectivity index (χ1v) is 4.42. The van der Waals surface area contributed by atoms with Crippen molar-refractivity contribution in [3.63, 3.8) is 0 Å². The third kappa shape index (κ3) is 5.28. The quantitative estimate of drug-likeness (QED) is 0.462. The fourth-order valence-electron chi connectivity index (χ4n) is 0.438. The molecule has 0 aromatic heterocycles. The molecule has 66 valence electrons. The van der Waals surface area contributed by atoms with E-state index in [4.69, 9.17) is 16.3 Å². The molecular formula is C9H17ClO. The van der Waals surface area contributed by atoms with Gasteiger partial charge in [-0.15, -0.1) is 11.6 Å². The zero-order chi connectivity index (χ0) is 8.91. The molecule has 0 rings (SSSR count). The summed E-state index contributed by atoms with van der Waals surface area (Å²) >= 11 is 5.54. The second kappa shape index (κ2) is 4.78. The monoisotopic (exact) mass is 176 g/mol. The molecule has 0 aliphatic carbocycles. The molecule has 11 heavy (non-hydrogen) atoms. The van der Waals surface area contributed by atoms with Crippen LogP contribution in [0.15, 0.2) is 12.2 Å². The molecule has 0 radical (unpaired) electrons. The van der Waals surface area contributed by atoms with E-state index in [2.05, 4.69) is 27.4 Å². The highest BCUT2D eigenvalue weighted by Crippen LogP contribution is 2.14. The number of hydrogen-bond acceptors (Lipinski definition) is 1. The zero-order valence-corrected chi connectivity index (χ0v) is 8.37. The van der Waals surface area contributed by atoms with Gasteiger partial charge in [0.25, 0.3) is 0 Å². The minimum absolute atomic E-state index is 0.0466. The molecule has 0 unspecified atom stereocenters. The van der Waals surface area contributed by atoms with Gasteiger partial charge in [-0.2, -0.15) is 0 Å². The van der Waals surface area contributed by atoms with Gasteiger partial charge in [0.15, 0.2) is 0 Å². The van der Waals surface area contributed by atoms with Crippen LogP contribution in [0.4, 0.5) is 0 Å². The third-order valence-corrected chi connectivity index (χ3v) is 2.09. The van der Waals surface area contributed by atoms with Crippen LogP contribution in [0.5, 0.6) is 0 Å². The minimum Gasteiger partial charge on any atom is -0.371 e. The number of rotatable bonds is 5. The van der Waals surface area contributed by atoms with Gasteiger partial charge in [0, 0.05) is 5.88 Å². The second-order valence-corrected chi connectivity index (χ2v) is 3.55. The summed E-state index contributed by atoms with van der Waals surface area (Å²) in [6.45, 7) is 10.6. The lowest BCUT2D eigenvalue weighted by Crippen LogP contribution is -2.24. The van der Waals surface area contributed by atoms with Crippen LogP contribution < -0.4 is 0 Å². The second-order valence-electron chi connectivity index (χ2n) is 3.29. The molecular weight excluding hydrogens is 160 g/mol. The van der Waals surface area contributed by atoms with Gasteiger partial charge in [0.2, 0.25) is 0 Å². The van der Waals surface area contributed by atoms with E-state index in [1.54, 1.807) is 0 Å². The Morgan fingerprint density at radius 3 is 2.45 bits per heavy atom. The van der Waals surface area contributed by atoms with Gasteiger partial charge in [-0.1, -0.05) is 13.5 Å². The summed E-state index contributed by atoms with van der Waals surface area (Å²) in [6.07, 6.45) is 1.00. The van der Waals surface area contributed by atoms with E-state index in [1.165, 1.54) is 0 Å². The van der Waals surface area contributed by atoms with Gasteiger partial charge in [0.1, 0.15) is 0 Å². The lowest BCUT2D eigenvalue weighted by atomic mass is 10.1. The average Bonchev–Trinajstić information content (AvgIpc) is 2.00. The summed E-state index contributed by atoms with van der Waals surface area (Å²) in [5.74, 6) is 0.486. The van der Waals surface area contributed by atoms with Crippen molar-refractivity contribution in [2.45, 2.75) is 32.8 Å². The van der Waals surface area contributed by atoms with Crippen LogP contribution in [-0.4, -0.2) is 18.1 Å². The highest BCUT2D eigenvalue weighted by atomic mass is 35.5. The first-order chi connectivity index (χ1) is 5.02. The van der Waals surface area contributed by atoms with Crippen molar-refractivity contribution in [3.8, 4) is 0 Å². The van der Waals surface area contributed by atoms with Gasteiger partial charge in [-0.3, -0.25) is 0 Å². The molecule has 0 heterocycles. The van der Waals surface area contributed by atoms with Crippen LogP contribution in [-0.2, 0) is 4.74 Å². The van der Waals surface area contributed by atoms with E-state index >= 15 is 0 Å². The van der Waals surface area contributed by atoms with Crippen LogP contribution in [0, 0.1) is 0 Å².